The summed E-state index contributed by atoms with van der Waals surface area (Å²) in [6.07, 6.45) is 5.17. The van der Waals surface area contributed by atoms with Gasteiger partial charge >= 0.3 is 0 Å². The predicted molar refractivity (Wildman–Crippen MR) is 372 cm³/mol. The van der Waals surface area contributed by atoms with E-state index in [1.54, 1.807) is 0 Å². The molecule has 0 radical (unpaired) electrons. The molecule has 0 saturated carbocycles. The topological polar surface area (TPSA) is 59.7 Å². The Hall–Kier alpha value is -10.6. The number of para-hydroxylation sites is 3. The normalized spacial score (nSPS) is 14.0. The molecule has 89 heavy (non-hydrogen) atoms. The Morgan fingerprint density at radius 3 is 1.89 bits per heavy atom. The van der Waals surface area contributed by atoms with Crippen molar-refractivity contribution >= 4 is 88.1 Å². The third-order valence-corrected chi connectivity index (χ3v) is 19.4. The summed E-state index contributed by atoms with van der Waals surface area (Å²) < 4.78 is 2.30. The average Bonchev–Trinajstić information content (AvgIpc) is 2.03. The van der Waals surface area contributed by atoms with Crippen LogP contribution in [0.5, 0.6) is 0 Å². The molecule has 1 aliphatic carbocycles. The van der Waals surface area contributed by atoms with Crippen LogP contribution in [0.25, 0.3) is 99.2 Å². The zero-order valence-corrected chi connectivity index (χ0v) is 51.1. The summed E-state index contributed by atoms with van der Waals surface area (Å²) >= 11 is 0. The molecule has 1 aliphatic heterocycles. The minimum Gasteiger partial charge on any atom is -0.278 e. The molecule has 6 nitrogen and oxygen atoms in total. The van der Waals surface area contributed by atoms with E-state index in [0.29, 0.717) is 11.9 Å². The van der Waals surface area contributed by atoms with Crippen LogP contribution in [0.3, 0.4) is 0 Å². The minimum atomic E-state index is -0.397. The van der Waals surface area contributed by atoms with E-state index in [0.717, 1.165) is 113 Å². The third kappa shape index (κ3) is 8.91. The van der Waals surface area contributed by atoms with Crippen LogP contribution in [-0.2, 0) is 23.7 Å². The maximum atomic E-state index is 5.75. The maximum Gasteiger partial charge on any atom is 0.235 e. The molecule has 16 rings (SSSR count). The number of aryl methyl sites for hydroxylation is 2. The summed E-state index contributed by atoms with van der Waals surface area (Å²) in [7, 11) is 0. The second-order valence-corrected chi connectivity index (χ2v) is 25.6. The highest BCUT2D eigenvalue weighted by Gasteiger charge is 2.39. The first kappa shape index (κ1) is 53.9. The number of anilines is 3. The fourth-order valence-electron chi connectivity index (χ4n) is 14.9. The van der Waals surface area contributed by atoms with Crippen molar-refractivity contribution in [1.29, 1.82) is 0 Å². The summed E-state index contributed by atoms with van der Waals surface area (Å²) in [4.78, 5) is 24.9. The molecular weight excluding hydrogens is 1080 g/mol. The zero-order chi connectivity index (χ0) is 60.3. The van der Waals surface area contributed by atoms with Gasteiger partial charge in [-0.15, -0.1) is 0 Å². The first-order valence-corrected chi connectivity index (χ1v) is 31.1. The molecule has 0 atom stereocenters. The van der Waals surface area contributed by atoms with E-state index in [-0.39, 0.29) is 5.41 Å². The van der Waals surface area contributed by atoms with Gasteiger partial charge in [-0.3, -0.25) is 9.47 Å². The molecule has 11 aromatic carbocycles. The molecule has 2 aliphatic rings. The number of allylic oxidation sites excluding steroid dienone is 5. The van der Waals surface area contributed by atoms with Gasteiger partial charge in [0.2, 0.25) is 11.9 Å². The van der Waals surface area contributed by atoms with Gasteiger partial charge in [0, 0.05) is 43.5 Å². The first-order valence-electron chi connectivity index (χ1n) is 31.1. The lowest BCUT2D eigenvalue weighted by atomic mass is 9.71. The SMILES string of the molecule is C=C(C)C(=CC1=C(Cc2ccc3c(-c4ccc5ccccc5c4)nc(-n4c5ccccc5c5cc6c(cc54)N(c4nc(-c5ccc7ccccc7c5)c5ccccc5n4)c4ccccc4C6(C)C)nc3c2)CCc2ccccc21)C(C)(C)c1ccccc1C. The van der Waals surface area contributed by atoms with Crippen molar-refractivity contribution in [1.82, 2.24) is 24.5 Å². The molecule has 0 bridgehead atoms. The number of hydrogen-bond donors (Lipinski definition) is 0. The molecule has 0 saturated heterocycles. The van der Waals surface area contributed by atoms with Gasteiger partial charge in [-0.1, -0.05) is 240 Å². The van der Waals surface area contributed by atoms with Crippen molar-refractivity contribution < 1.29 is 0 Å². The van der Waals surface area contributed by atoms with Gasteiger partial charge in [0.05, 0.1) is 44.8 Å². The number of benzene rings is 11. The van der Waals surface area contributed by atoms with Crippen molar-refractivity contribution in [3.63, 3.8) is 0 Å². The first-order chi connectivity index (χ1) is 43.3. The Balaban J connectivity index is 0.913. The van der Waals surface area contributed by atoms with Gasteiger partial charge < -0.3 is 0 Å². The van der Waals surface area contributed by atoms with Gasteiger partial charge in [-0.25, -0.2) is 19.9 Å². The monoisotopic (exact) mass is 1150 g/mol. The third-order valence-electron chi connectivity index (χ3n) is 19.4. The summed E-state index contributed by atoms with van der Waals surface area (Å²) in [5.41, 5.74) is 22.9. The quantitative estimate of drug-likeness (QED) is 0.128. The van der Waals surface area contributed by atoms with Crippen LogP contribution in [-0.4, -0.2) is 24.5 Å². The lowest BCUT2D eigenvalue weighted by Gasteiger charge is -2.41. The highest BCUT2D eigenvalue weighted by molar-refractivity contribution is 6.12. The summed E-state index contributed by atoms with van der Waals surface area (Å²) in [5, 5.41) is 8.94. The Morgan fingerprint density at radius 2 is 1.13 bits per heavy atom. The van der Waals surface area contributed by atoms with Crippen LogP contribution in [0.15, 0.2) is 266 Å². The second kappa shape index (κ2) is 20.8. The second-order valence-electron chi connectivity index (χ2n) is 25.6. The Bertz CT molecular complexity index is 5360. The standard InChI is InChI=1S/C83H66N6/c1-51(2)70(82(4,5)68-31-17-8-22-52(68)3)48-66-59(40-39-56-25-13-14-28-62(56)66)44-53-36-43-65-73(45-53)85-81(87-79(65)61-42-38-55-24-10-12-27-58(55)47-61)88-74-34-20-16-29-63(74)67-49-71-77(50-76(67)88)89(75-35-21-18-32-69(75)83(71,6)7)80-84-72-33-19-15-30-64(72)78(86-80)60-41-37-54-23-9-11-26-57(54)46-60/h8-38,41-43,45-50H,1,39-40,44H2,2-7H3. The number of fused-ring (bicyclic) bond motifs is 10. The predicted octanol–water partition coefficient (Wildman–Crippen LogP) is 21.2. The maximum absolute atomic E-state index is 5.75. The van der Waals surface area contributed by atoms with Crippen molar-refractivity contribution in [2.24, 2.45) is 0 Å². The van der Waals surface area contributed by atoms with Crippen LogP contribution in [0.2, 0.25) is 0 Å². The molecule has 0 unspecified atom stereocenters. The van der Waals surface area contributed by atoms with Gasteiger partial charge in [-0.05, 0) is 153 Å². The molecular formula is C83H66N6. The van der Waals surface area contributed by atoms with Gasteiger partial charge in [0.25, 0.3) is 0 Å². The van der Waals surface area contributed by atoms with E-state index in [2.05, 4.69) is 300 Å². The molecule has 6 heteroatoms. The summed E-state index contributed by atoms with van der Waals surface area (Å²) in [5.74, 6) is 1.21. The van der Waals surface area contributed by atoms with Crippen LogP contribution in [0.4, 0.5) is 17.3 Å². The largest absolute Gasteiger partial charge is 0.278 e. The highest BCUT2D eigenvalue weighted by atomic mass is 15.3. The van der Waals surface area contributed by atoms with E-state index >= 15 is 0 Å². The number of aromatic nitrogens is 5. The molecule has 0 spiro atoms. The summed E-state index contributed by atoms with van der Waals surface area (Å²) in [6.45, 7) is 18.4. The van der Waals surface area contributed by atoms with E-state index in [4.69, 9.17) is 19.9 Å². The van der Waals surface area contributed by atoms with Crippen molar-refractivity contribution in [2.75, 3.05) is 4.90 Å². The van der Waals surface area contributed by atoms with Crippen LogP contribution >= 0.6 is 0 Å². The molecule has 4 heterocycles. The number of rotatable bonds is 10. The molecule has 0 fully saturated rings. The summed E-state index contributed by atoms with van der Waals surface area (Å²) in [6, 6.07) is 85.9. The molecule has 0 N–H and O–H groups in total. The Labute approximate surface area is 519 Å². The smallest absolute Gasteiger partial charge is 0.235 e. The lowest BCUT2D eigenvalue weighted by molar-refractivity contribution is 0.626. The van der Waals surface area contributed by atoms with E-state index in [9.17, 15) is 0 Å². The van der Waals surface area contributed by atoms with Crippen molar-refractivity contribution in [3.05, 3.63) is 305 Å². The Kier molecular flexibility index (Phi) is 12.6. The number of hydrogen-bond acceptors (Lipinski definition) is 5. The lowest BCUT2D eigenvalue weighted by Crippen LogP contribution is -2.31. The molecule has 0 amide bonds. The van der Waals surface area contributed by atoms with Crippen LogP contribution < -0.4 is 4.90 Å². The van der Waals surface area contributed by atoms with E-state index in [1.165, 1.54) is 66.4 Å². The van der Waals surface area contributed by atoms with Crippen molar-refractivity contribution in [3.8, 4) is 28.5 Å². The van der Waals surface area contributed by atoms with Gasteiger partial charge in [0.15, 0.2) is 0 Å². The van der Waals surface area contributed by atoms with Crippen LogP contribution in [0.1, 0.15) is 80.0 Å². The molecule has 3 aromatic heterocycles. The average molecular weight is 1150 g/mol. The van der Waals surface area contributed by atoms with E-state index in [1.807, 2.05) is 0 Å². The van der Waals surface area contributed by atoms with Gasteiger partial charge in [-0.2, -0.15) is 0 Å². The highest BCUT2D eigenvalue weighted by Crippen LogP contribution is 2.54. The minimum absolute atomic E-state index is 0.283. The van der Waals surface area contributed by atoms with Crippen LogP contribution in [0, 0.1) is 6.92 Å². The fraction of sp³-hybridized carbons (Fsp3) is 0.133. The van der Waals surface area contributed by atoms with E-state index < -0.39 is 5.41 Å². The Morgan fingerprint density at radius 1 is 0.517 bits per heavy atom. The number of nitrogens with zero attached hydrogens (tertiary/aromatic N) is 6. The molecule has 428 valence electrons. The fourth-order valence-corrected chi connectivity index (χ4v) is 14.9. The van der Waals surface area contributed by atoms with Gasteiger partial charge in [0.1, 0.15) is 0 Å². The molecule has 14 aromatic rings. The zero-order valence-electron chi connectivity index (χ0n) is 51.1. The van der Waals surface area contributed by atoms with Crippen molar-refractivity contribution in [2.45, 2.75) is 71.6 Å².